The molecule has 0 atom stereocenters. The Morgan fingerprint density at radius 2 is 1.19 bits per heavy atom. The van der Waals surface area contributed by atoms with Crippen molar-refractivity contribution in [3.63, 3.8) is 0 Å². The number of hydrogen-bond donors (Lipinski definition) is 0. The summed E-state index contributed by atoms with van der Waals surface area (Å²) in [7, 11) is 0. The first-order chi connectivity index (χ1) is 10.3. The topological polar surface area (TPSA) is 86.5 Å². The first-order valence-electron chi connectivity index (χ1n) is 6.13. The van der Waals surface area contributed by atoms with E-state index in [-0.39, 0.29) is 0 Å². The van der Waals surface area contributed by atoms with Crippen LogP contribution in [0.5, 0.6) is 0 Å². The SMILES string of the molecule is N#Cc1ccc(-c2ccc(-c3ccc(C#N)nc3)o2)cn1. The van der Waals surface area contributed by atoms with Gasteiger partial charge in [-0.15, -0.1) is 0 Å². The van der Waals surface area contributed by atoms with Gasteiger partial charge in [0.15, 0.2) is 0 Å². The second-order valence-corrected chi connectivity index (χ2v) is 4.25. The zero-order valence-electron chi connectivity index (χ0n) is 10.8. The minimum absolute atomic E-state index is 0.363. The van der Waals surface area contributed by atoms with Gasteiger partial charge in [0, 0.05) is 23.5 Å². The number of nitrogens with zero attached hydrogens (tertiary/aromatic N) is 4. The Labute approximate surface area is 120 Å². The highest BCUT2D eigenvalue weighted by Crippen LogP contribution is 2.27. The molecule has 0 saturated heterocycles. The molecule has 0 aliphatic carbocycles. The first-order valence-corrected chi connectivity index (χ1v) is 6.13. The molecule has 0 unspecified atom stereocenters. The maximum absolute atomic E-state index is 8.73. The molecule has 0 radical (unpaired) electrons. The molecule has 98 valence electrons. The molecule has 0 spiro atoms. The predicted octanol–water partition coefficient (Wildman–Crippen LogP) is 3.15. The van der Waals surface area contributed by atoms with Crippen LogP contribution >= 0.6 is 0 Å². The second-order valence-electron chi connectivity index (χ2n) is 4.25. The van der Waals surface area contributed by atoms with Crippen molar-refractivity contribution in [3.8, 4) is 34.8 Å². The zero-order chi connectivity index (χ0) is 14.7. The Bertz CT molecular complexity index is 777. The van der Waals surface area contributed by atoms with E-state index in [1.807, 2.05) is 24.3 Å². The van der Waals surface area contributed by atoms with Crippen molar-refractivity contribution in [3.05, 3.63) is 60.2 Å². The number of hydrogen-bond acceptors (Lipinski definition) is 5. The van der Waals surface area contributed by atoms with Crippen LogP contribution in [0.3, 0.4) is 0 Å². The van der Waals surface area contributed by atoms with Crippen LogP contribution in [0.2, 0.25) is 0 Å². The van der Waals surface area contributed by atoms with E-state index >= 15 is 0 Å². The number of pyridine rings is 2. The van der Waals surface area contributed by atoms with Crippen molar-refractivity contribution in [2.24, 2.45) is 0 Å². The summed E-state index contributed by atoms with van der Waals surface area (Å²) in [4.78, 5) is 8.02. The lowest BCUT2D eigenvalue weighted by molar-refractivity contribution is 0.597. The number of rotatable bonds is 2. The Balaban J connectivity index is 1.92. The quantitative estimate of drug-likeness (QED) is 0.715. The molecule has 0 bridgehead atoms. The number of aromatic nitrogens is 2. The Kier molecular flexibility index (Phi) is 3.16. The van der Waals surface area contributed by atoms with E-state index in [0.29, 0.717) is 22.9 Å². The van der Waals surface area contributed by atoms with E-state index in [0.717, 1.165) is 11.1 Å². The molecule has 0 aliphatic rings. The normalized spacial score (nSPS) is 9.81. The lowest BCUT2D eigenvalue weighted by Crippen LogP contribution is -1.83. The van der Waals surface area contributed by atoms with E-state index < -0.39 is 0 Å². The molecule has 0 N–H and O–H groups in total. The van der Waals surface area contributed by atoms with Gasteiger partial charge in [-0.05, 0) is 36.4 Å². The summed E-state index contributed by atoms with van der Waals surface area (Å²) in [5, 5.41) is 17.5. The summed E-state index contributed by atoms with van der Waals surface area (Å²) in [5.74, 6) is 1.32. The lowest BCUT2D eigenvalue weighted by atomic mass is 10.2. The third-order valence-electron chi connectivity index (χ3n) is 2.93. The molecule has 0 aliphatic heterocycles. The van der Waals surface area contributed by atoms with Gasteiger partial charge in [0.05, 0.1) is 0 Å². The van der Waals surface area contributed by atoms with Crippen LogP contribution in [-0.4, -0.2) is 9.97 Å². The Morgan fingerprint density at radius 1 is 0.714 bits per heavy atom. The van der Waals surface area contributed by atoms with Gasteiger partial charge < -0.3 is 4.42 Å². The summed E-state index contributed by atoms with van der Waals surface area (Å²) >= 11 is 0. The fraction of sp³-hybridized carbons (Fsp3) is 0. The average molecular weight is 272 g/mol. The van der Waals surface area contributed by atoms with Gasteiger partial charge in [-0.1, -0.05) is 0 Å². The van der Waals surface area contributed by atoms with Gasteiger partial charge >= 0.3 is 0 Å². The molecule has 3 rings (SSSR count). The van der Waals surface area contributed by atoms with Gasteiger partial charge in [0.1, 0.15) is 35.0 Å². The van der Waals surface area contributed by atoms with Crippen LogP contribution < -0.4 is 0 Å². The van der Waals surface area contributed by atoms with Crippen LogP contribution in [0.25, 0.3) is 22.6 Å². The molecule has 3 aromatic heterocycles. The fourth-order valence-corrected chi connectivity index (χ4v) is 1.86. The third-order valence-corrected chi connectivity index (χ3v) is 2.93. The van der Waals surface area contributed by atoms with E-state index in [2.05, 4.69) is 9.97 Å². The van der Waals surface area contributed by atoms with Gasteiger partial charge in [-0.3, -0.25) is 0 Å². The lowest BCUT2D eigenvalue weighted by Gasteiger charge is -1.98. The van der Waals surface area contributed by atoms with E-state index in [1.165, 1.54) is 0 Å². The van der Waals surface area contributed by atoms with Gasteiger partial charge in [0.25, 0.3) is 0 Å². The summed E-state index contributed by atoms with van der Waals surface area (Å²) in [6.45, 7) is 0. The molecule has 0 aromatic carbocycles. The van der Waals surface area contributed by atoms with Gasteiger partial charge in [-0.2, -0.15) is 10.5 Å². The van der Waals surface area contributed by atoms with Crippen LogP contribution in [0.15, 0.2) is 53.2 Å². The highest BCUT2D eigenvalue weighted by Gasteiger charge is 2.08. The van der Waals surface area contributed by atoms with Crippen molar-refractivity contribution < 1.29 is 4.42 Å². The number of furan rings is 1. The Morgan fingerprint density at radius 3 is 1.52 bits per heavy atom. The molecule has 5 nitrogen and oxygen atoms in total. The summed E-state index contributed by atoms with van der Waals surface area (Å²) in [5.41, 5.74) is 2.31. The van der Waals surface area contributed by atoms with Gasteiger partial charge in [0.2, 0.25) is 0 Å². The highest BCUT2D eigenvalue weighted by molar-refractivity contribution is 5.64. The zero-order valence-corrected chi connectivity index (χ0v) is 10.8. The van der Waals surface area contributed by atoms with E-state index in [9.17, 15) is 0 Å². The van der Waals surface area contributed by atoms with Crippen LogP contribution in [0, 0.1) is 22.7 Å². The molecule has 5 heteroatoms. The molecule has 0 amide bonds. The average Bonchev–Trinajstić information content (AvgIpc) is 3.05. The van der Waals surface area contributed by atoms with Crippen LogP contribution in [-0.2, 0) is 0 Å². The van der Waals surface area contributed by atoms with E-state index in [4.69, 9.17) is 14.9 Å². The molecule has 3 aromatic rings. The molecule has 21 heavy (non-hydrogen) atoms. The summed E-state index contributed by atoms with van der Waals surface area (Å²) in [6.07, 6.45) is 3.19. The number of nitriles is 2. The van der Waals surface area contributed by atoms with Crippen molar-refractivity contribution in [2.45, 2.75) is 0 Å². The van der Waals surface area contributed by atoms with Crippen molar-refractivity contribution in [1.29, 1.82) is 10.5 Å². The fourth-order valence-electron chi connectivity index (χ4n) is 1.86. The van der Waals surface area contributed by atoms with E-state index in [1.54, 1.807) is 36.7 Å². The minimum atomic E-state index is 0.363. The van der Waals surface area contributed by atoms with Crippen molar-refractivity contribution in [1.82, 2.24) is 9.97 Å². The van der Waals surface area contributed by atoms with Gasteiger partial charge in [-0.25, -0.2) is 9.97 Å². The molecular formula is C16H8N4O. The molecule has 0 saturated carbocycles. The van der Waals surface area contributed by atoms with Crippen LogP contribution in [0.1, 0.15) is 11.4 Å². The maximum atomic E-state index is 8.73. The monoisotopic (exact) mass is 272 g/mol. The smallest absolute Gasteiger partial charge is 0.140 e. The first kappa shape index (κ1) is 12.6. The second kappa shape index (κ2) is 5.28. The van der Waals surface area contributed by atoms with Crippen LogP contribution in [0.4, 0.5) is 0 Å². The highest BCUT2D eigenvalue weighted by atomic mass is 16.3. The summed E-state index contributed by atoms with van der Waals surface area (Å²) in [6, 6.07) is 14.4. The summed E-state index contributed by atoms with van der Waals surface area (Å²) < 4.78 is 5.76. The standard InChI is InChI=1S/C16H8N4O/c17-7-13-3-1-11(9-19-13)15-5-6-16(21-15)12-2-4-14(8-18)20-10-12/h1-6,9-10H. The largest absolute Gasteiger partial charge is 0.456 e. The predicted molar refractivity (Wildman–Crippen MR) is 74.6 cm³/mol. The molecule has 3 heterocycles. The minimum Gasteiger partial charge on any atom is -0.456 e. The Hall–Kier alpha value is -3.44. The molecular weight excluding hydrogens is 264 g/mol. The third kappa shape index (κ3) is 2.49. The van der Waals surface area contributed by atoms with Crippen molar-refractivity contribution >= 4 is 0 Å². The maximum Gasteiger partial charge on any atom is 0.140 e. The van der Waals surface area contributed by atoms with Crippen molar-refractivity contribution in [2.75, 3.05) is 0 Å². The molecule has 0 fully saturated rings.